The van der Waals surface area contributed by atoms with Gasteiger partial charge in [-0.1, -0.05) is 32.8 Å². The molecule has 6 heteroatoms. The first-order valence-corrected chi connectivity index (χ1v) is 10.0. The van der Waals surface area contributed by atoms with Crippen molar-refractivity contribution in [2.45, 2.75) is 70.9 Å². The molecule has 0 aliphatic carbocycles. The Morgan fingerprint density at radius 3 is 2.33 bits per heavy atom. The maximum Gasteiger partial charge on any atom is 0.251 e. The lowest BCUT2D eigenvalue weighted by Crippen LogP contribution is -2.33. The van der Waals surface area contributed by atoms with E-state index in [0.29, 0.717) is 11.5 Å². The maximum absolute atomic E-state index is 12.3. The Bertz CT molecular complexity index is 639. The number of carbonyl (C=O) groups is 1. The highest BCUT2D eigenvalue weighted by Gasteiger charge is 2.18. The van der Waals surface area contributed by atoms with Crippen LogP contribution in [0.4, 0.5) is 0 Å². The van der Waals surface area contributed by atoms with Crippen molar-refractivity contribution in [3.05, 3.63) is 29.8 Å². The molecule has 1 aromatic carbocycles. The van der Waals surface area contributed by atoms with Gasteiger partial charge in [0, 0.05) is 17.6 Å². The SMILES string of the molecule is CC(C)CCCC(C)NC(=O)c1cccc(S(=O)(=O)NC(C)C)c1. The van der Waals surface area contributed by atoms with E-state index in [1.807, 2.05) is 6.92 Å². The van der Waals surface area contributed by atoms with Gasteiger partial charge in [-0.25, -0.2) is 13.1 Å². The summed E-state index contributed by atoms with van der Waals surface area (Å²) in [5.74, 6) is 0.414. The van der Waals surface area contributed by atoms with Gasteiger partial charge in [0.2, 0.25) is 10.0 Å². The summed E-state index contributed by atoms with van der Waals surface area (Å²) in [6, 6.07) is 5.99. The number of carbonyl (C=O) groups excluding carboxylic acids is 1. The number of sulfonamides is 1. The van der Waals surface area contributed by atoms with Crippen molar-refractivity contribution in [1.82, 2.24) is 10.0 Å². The van der Waals surface area contributed by atoms with Gasteiger partial charge >= 0.3 is 0 Å². The van der Waals surface area contributed by atoms with Crippen LogP contribution < -0.4 is 10.0 Å². The van der Waals surface area contributed by atoms with Gasteiger partial charge in [-0.3, -0.25) is 4.79 Å². The predicted octanol–water partition coefficient (Wildman–Crippen LogP) is 3.32. The number of hydrogen-bond donors (Lipinski definition) is 2. The smallest absolute Gasteiger partial charge is 0.251 e. The van der Waals surface area contributed by atoms with Crippen molar-refractivity contribution in [3.8, 4) is 0 Å². The molecule has 136 valence electrons. The standard InChI is InChI=1S/C18H30N2O3S/c1-13(2)8-6-9-15(5)19-18(21)16-10-7-11-17(12-16)24(22,23)20-14(3)4/h7,10-15,20H,6,8-9H2,1-5H3,(H,19,21). The van der Waals surface area contributed by atoms with E-state index >= 15 is 0 Å². The number of benzene rings is 1. The summed E-state index contributed by atoms with van der Waals surface area (Å²) in [5.41, 5.74) is 0.359. The Morgan fingerprint density at radius 1 is 1.08 bits per heavy atom. The summed E-state index contributed by atoms with van der Waals surface area (Å²) in [7, 11) is -3.60. The van der Waals surface area contributed by atoms with E-state index in [2.05, 4.69) is 23.9 Å². The molecule has 0 bridgehead atoms. The molecule has 0 aliphatic heterocycles. The lowest BCUT2D eigenvalue weighted by molar-refractivity contribution is 0.0937. The molecule has 0 saturated carbocycles. The van der Waals surface area contributed by atoms with Crippen molar-refractivity contribution in [1.29, 1.82) is 0 Å². The average Bonchev–Trinajstić information content (AvgIpc) is 2.45. The van der Waals surface area contributed by atoms with Crippen molar-refractivity contribution in [2.75, 3.05) is 0 Å². The van der Waals surface area contributed by atoms with E-state index in [9.17, 15) is 13.2 Å². The normalized spacial score (nSPS) is 13.3. The van der Waals surface area contributed by atoms with E-state index < -0.39 is 10.0 Å². The van der Waals surface area contributed by atoms with Crippen LogP contribution in [0.15, 0.2) is 29.2 Å². The molecule has 5 nitrogen and oxygen atoms in total. The first-order chi connectivity index (χ1) is 11.1. The van der Waals surface area contributed by atoms with Gasteiger partial charge in [-0.05, 0) is 51.3 Å². The maximum atomic E-state index is 12.3. The molecule has 0 spiro atoms. The molecule has 0 saturated heterocycles. The number of amides is 1. The molecule has 1 unspecified atom stereocenters. The highest BCUT2D eigenvalue weighted by Crippen LogP contribution is 2.13. The summed E-state index contributed by atoms with van der Waals surface area (Å²) in [6.07, 6.45) is 3.11. The number of hydrogen-bond acceptors (Lipinski definition) is 3. The monoisotopic (exact) mass is 354 g/mol. The predicted molar refractivity (Wildman–Crippen MR) is 97.5 cm³/mol. The largest absolute Gasteiger partial charge is 0.350 e. The van der Waals surface area contributed by atoms with Crippen LogP contribution in [0.5, 0.6) is 0 Å². The van der Waals surface area contributed by atoms with Crippen molar-refractivity contribution >= 4 is 15.9 Å². The summed E-state index contributed by atoms with van der Waals surface area (Å²) in [4.78, 5) is 12.4. The summed E-state index contributed by atoms with van der Waals surface area (Å²) in [5, 5.41) is 2.94. The minimum atomic E-state index is -3.60. The second-order valence-corrected chi connectivity index (χ2v) is 8.72. The van der Waals surface area contributed by atoms with Crippen LogP contribution in [0.1, 0.15) is 64.2 Å². The van der Waals surface area contributed by atoms with E-state index in [1.54, 1.807) is 26.0 Å². The highest BCUT2D eigenvalue weighted by molar-refractivity contribution is 7.89. The summed E-state index contributed by atoms with van der Waals surface area (Å²) >= 11 is 0. The molecule has 24 heavy (non-hydrogen) atoms. The second-order valence-electron chi connectivity index (χ2n) is 7.00. The molecule has 1 atom stereocenters. The molecule has 0 aromatic heterocycles. The van der Waals surface area contributed by atoms with Crippen molar-refractivity contribution in [2.24, 2.45) is 5.92 Å². The van der Waals surface area contributed by atoms with E-state index in [1.165, 1.54) is 12.1 Å². The minimum Gasteiger partial charge on any atom is -0.350 e. The Kier molecular flexibility index (Phi) is 7.90. The Morgan fingerprint density at radius 2 is 1.75 bits per heavy atom. The number of rotatable bonds is 9. The first-order valence-electron chi connectivity index (χ1n) is 8.55. The first kappa shape index (κ1) is 20.6. The Labute approximate surface area is 146 Å². The topological polar surface area (TPSA) is 75.3 Å². The molecule has 1 aromatic rings. The zero-order valence-corrected chi connectivity index (χ0v) is 16.1. The third kappa shape index (κ3) is 7.01. The Balaban J connectivity index is 2.74. The van der Waals surface area contributed by atoms with Crippen LogP contribution in [0.2, 0.25) is 0 Å². The third-order valence-electron chi connectivity index (χ3n) is 3.59. The zero-order valence-electron chi connectivity index (χ0n) is 15.3. The van der Waals surface area contributed by atoms with Crippen LogP contribution in [-0.2, 0) is 10.0 Å². The lowest BCUT2D eigenvalue weighted by atomic mass is 10.0. The second kappa shape index (κ2) is 9.18. The van der Waals surface area contributed by atoms with Crippen LogP contribution in [0, 0.1) is 5.92 Å². The van der Waals surface area contributed by atoms with Gasteiger partial charge in [0.1, 0.15) is 0 Å². The molecule has 0 heterocycles. The van der Waals surface area contributed by atoms with E-state index in [4.69, 9.17) is 0 Å². The molecule has 1 amide bonds. The highest BCUT2D eigenvalue weighted by atomic mass is 32.2. The van der Waals surface area contributed by atoms with Crippen LogP contribution in [-0.4, -0.2) is 26.4 Å². The molecule has 0 radical (unpaired) electrons. The molecular formula is C18H30N2O3S. The third-order valence-corrected chi connectivity index (χ3v) is 5.25. The van der Waals surface area contributed by atoms with Gasteiger partial charge in [0.15, 0.2) is 0 Å². The van der Waals surface area contributed by atoms with Crippen LogP contribution in [0.3, 0.4) is 0 Å². The summed E-state index contributed by atoms with van der Waals surface area (Å²) < 4.78 is 26.9. The molecular weight excluding hydrogens is 324 g/mol. The lowest BCUT2D eigenvalue weighted by Gasteiger charge is -2.15. The quantitative estimate of drug-likeness (QED) is 0.714. The fourth-order valence-corrected chi connectivity index (χ4v) is 3.69. The van der Waals surface area contributed by atoms with Gasteiger partial charge in [-0.2, -0.15) is 0 Å². The number of nitrogens with one attached hydrogen (secondary N) is 2. The van der Waals surface area contributed by atoms with E-state index in [0.717, 1.165) is 19.3 Å². The van der Waals surface area contributed by atoms with Gasteiger partial charge in [0.25, 0.3) is 5.91 Å². The molecule has 1 rings (SSSR count). The fraction of sp³-hybridized carbons (Fsp3) is 0.611. The molecule has 2 N–H and O–H groups in total. The zero-order chi connectivity index (χ0) is 18.3. The van der Waals surface area contributed by atoms with E-state index in [-0.39, 0.29) is 22.9 Å². The van der Waals surface area contributed by atoms with Crippen molar-refractivity contribution < 1.29 is 13.2 Å². The van der Waals surface area contributed by atoms with Crippen LogP contribution >= 0.6 is 0 Å². The van der Waals surface area contributed by atoms with Gasteiger partial charge in [-0.15, -0.1) is 0 Å². The average molecular weight is 355 g/mol. The van der Waals surface area contributed by atoms with Crippen molar-refractivity contribution in [3.63, 3.8) is 0 Å². The van der Waals surface area contributed by atoms with Gasteiger partial charge in [0.05, 0.1) is 4.90 Å². The fourth-order valence-electron chi connectivity index (χ4n) is 2.39. The molecule has 0 fully saturated rings. The Hall–Kier alpha value is -1.40. The van der Waals surface area contributed by atoms with Gasteiger partial charge < -0.3 is 5.32 Å². The summed E-state index contributed by atoms with van der Waals surface area (Å²) in [6.45, 7) is 9.85. The minimum absolute atomic E-state index is 0.0605. The van der Waals surface area contributed by atoms with Crippen LogP contribution in [0.25, 0.3) is 0 Å². The molecule has 0 aliphatic rings.